The highest BCUT2D eigenvalue weighted by Gasteiger charge is 2.23. The largest absolute Gasteiger partial charge is 0.496 e. The monoisotopic (exact) mass is 498 g/mol. The normalized spacial score (nSPS) is 15.4. The molecule has 4 aromatic rings. The fourth-order valence-electron chi connectivity index (χ4n) is 4.66. The maximum atomic E-state index is 13.1. The van der Waals surface area contributed by atoms with E-state index in [2.05, 4.69) is 25.8 Å². The van der Waals surface area contributed by atoms with Crippen molar-refractivity contribution < 1.29 is 14.3 Å². The van der Waals surface area contributed by atoms with Gasteiger partial charge in [-0.15, -0.1) is 0 Å². The van der Waals surface area contributed by atoms with Crippen molar-refractivity contribution >= 4 is 28.5 Å². The van der Waals surface area contributed by atoms with Gasteiger partial charge in [-0.3, -0.25) is 14.7 Å². The number of piperidine rings is 1. The molecular weight excluding hydrogens is 468 g/mol. The van der Waals surface area contributed by atoms with Crippen molar-refractivity contribution in [1.82, 2.24) is 25.4 Å². The van der Waals surface area contributed by atoms with E-state index in [4.69, 9.17) is 4.74 Å². The molecule has 37 heavy (non-hydrogen) atoms. The van der Waals surface area contributed by atoms with E-state index in [0.717, 1.165) is 59.3 Å². The molecule has 3 N–H and O–H groups in total. The van der Waals surface area contributed by atoms with E-state index in [0.29, 0.717) is 16.9 Å². The fraction of sp³-hybridized carbons (Fsp3) is 0.286. The Balaban J connectivity index is 1.53. The van der Waals surface area contributed by atoms with Crippen LogP contribution in [-0.2, 0) is 4.79 Å². The van der Waals surface area contributed by atoms with Gasteiger partial charge in [0.1, 0.15) is 5.75 Å². The molecule has 1 atom stereocenters. The average Bonchev–Trinajstić information content (AvgIpc) is 3.36. The minimum atomic E-state index is -0.253. The van der Waals surface area contributed by atoms with Crippen molar-refractivity contribution in [2.45, 2.75) is 25.3 Å². The number of methoxy groups -OCH3 is 1. The van der Waals surface area contributed by atoms with Crippen LogP contribution in [0.25, 0.3) is 33.4 Å². The first-order chi connectivity index (χ1) is 18.0. The summed E-state index contributed by atoms with van der Waals surface area (Å²) in [6, 6.07) is 14.9. The summed E-state index contributed by atoms with van der Waals surface area (Å²) in [7, 11) is 5.03. The SMILES string of the molecule is COc1ccccc1-c1[nH]nc2ncc(-c3ccc(NC(=O)[C@H]4CCCCN4)c(C(=O)N(C)C)c3)cc12. The molecule has 190 valence electrons. The standard InChI is InChI=1S/C28H30N6O3/c1-34(2)28(36)20-14-17(11-12-22(20)31-27(35)23-9-6-7-13-29-23)18-15-21-25(32-33-26(21)30-16-18)19-8-4-5-10-24(19)37-3/h4-5,8,10-12,14-16,23,29H,6-7,9,13H2,1-3H3,(H,31,35)(H,30,32,33)/t23-/m1/s1. The van der Waals surface area contributed by atoms with Gasteiger partial charge in [-0.05, 0) is 55.3 Å². The summed E-state index contributed by atoms with van der Waals surface area (Å²) in [5, 5.41) is 14.5. The van der Waals surface area contributed by atoms with Crippen LogP contribution >= 0.6 is 0 Å². The van der Waals surface area contributed by atoms with Crippen LogP contribution in [0, 0.1) is 0 Å². The molecule has 0 unspecified atom stereocenters. The van der Waals surface area contributed by atoms with Crippen molar-refractivity contribution in [2.24, 2.45) is 0 Å². The molecule has 3 heterocycles. The molecule has 0 spiro atoms. The van der Waals surface area contributed by atoms with Crippen molar-refractivity contribution in [3.05, 3.63) is 60.3 Å². The lowest BCUT2D eigenvalue weighted by atomic mass is 9.99. The minimum Gasteiger partial charge on any atom is -0.496 e. The number of H-pyrrole nitrogens is 1. The van der Waals surface area contributed by atoms with Crippen molar-refractivity contribution in [2.75, 3.05) is 33.1 Å². The second-order valence-corrected chi connectivity index (χ2v) is 9.35. The molecule has 2 aromatic carbocycles. The first kappa shape index (κ1) is 24.5. The third-order valence-electron chi connectivity index (χ3n) is 6.66. The Bertz CT molecular complexity index is 1460. The maximum Gasteiger partial charge on any atom is 0.255 e. The number of para-hydroxylation sites is 1. The summed E-state index contributed by atoms with van der Waals surface area (Å²) < 4.78 is 5.54. The predicted octanol–water partition coefficient (Wildman–Crippen LogP) is 4.08. The Morgan fingerprint density at radius 3 is 2.68 bits per heavy atom. The summed E-state index contributed by atoms with van der Waals surface area (Å²) in [6.45, 7) is 0.820. The molecule has 0 saturated carbocycles. The number of hydrogen-bond acceptors (Lipinski definition) is 6. The first-order valence-corrected chi connectivity index (χ1v) is 12.3. The van der Waals surface area contributed by atoms with Gasteiger partial charge in [0.05, 0.1) is 30.1 Å². The van der Waals surface area contributed by atoms with Crippen LogP contribution < -0.4 is 15.4 Å². The number of benzene rings is 2. The lowest BCUT2D eigenvalue weighted by Gasteiger charge is -2.23. The van der Waals surface area contributed by atoms with Crippen LogP contribution in [0.2, 0.25) is 0 Å². The summed E-state index contributed by atoms with van der Waals surface area (Å²) in [6.07, 6.45) is 4.59. The number of hydrogen-bond donors (Lipinski definition) is 3. The van der Waals surface area contributed by atoms with E-state index in [1.165, 1.54) is 4.90 Å². The Hall–Kier alpha value is -4.24. The van der Waals surface area contributed by atoms with Crippen LogP contribution in [0.15, 0.2) is 54.7 Å². The zero-order valence-electron chi connectivity index (χ0n) is 21.2. The maximum absolute atomic E-state index is 13.1. The zero-order chi connectivity index (χ0) is 25.9. The highest BCUT2D eigenvalue weighted by atomic mass is 16.5. The van der Waals surface area contributed by atoms with Crippen molar-refractivity contribution in [3.8, 4) is 28.1 Å². The van der Waals surface area contributed by atoms with Gasteiger partial charge >= 0.3 is 0 Å². The molecule has 0 aliphatic carbocycles. The average molecular weight is 499 g/mol. The van der Waals surface area contributed by atoms with Crippen molar-refractivity contribution in [1.29, 1.82) is 0 Å². The van der Waals surface area contributed by atoms with E-state index < -0.39 is 0 Å². The number of nitrogens with one attached hydrogen (secondary N) is 3. The van der Waals surface area contributed by atoms with Gasteiger partial charge in [0, 0.05) is 36.8 Å². The number of anilines is 1. The second kappa shape index (κ2) is 10.4. The highest BCUT2D eigenvalue weighted by Crippen LogP contribution is 2.35. The lowest BCUT2D eigenvalue weighted by Crippen LogP contribution is -2.43. The quantitative estimate of drug-likeness (QED) is 0.369. The molecule has 9 nitrogen and oxygen atoms in total. The topological polar surface area (TPSA) is 112 Å². The van der Waals surface area contributed by atoms with Gasteiger partial charge in [0.2, 0.25) is 5.91 Å². The van der Waals surface area contributed by atoms with Gasteiger partial charge in [0.15, 0.2) is 5.65 Å². The highest BCUT2D eigenvalue weighted by molar-refractivity contribution is 6.06. The van der Waals surface area contributed by atoms with Crippen LogP contribution in [-0.4, -0.2) is 65.7 Å². The summed E-state index contributed by atoms with van der Waals surface area (Å²) in [5.41, 5.74) is 4.80. The number of aromatic amines is 1. The van der Waals surface area contributed by atoms with Gasteiger partial charge in [-0.2, -0.15) is 5.10 Å². The third-order valence-corrected chi connectivity index (χ3v) is 6.66. The van der Waals surface area contributed by atoms with Crippen LogP contribution in [0.3, 0.4) is 0 Å². The molecule has 1 saturated heterocycles. The minimum absolute atomic E-state index is 0.122. The smallest absolute Gasteiger partial charge is 0.255 e. The number of nitrogens with zero attached hydrogens (tertiary/aromatic N) is 3. The van der Waals surface area contributed by atoms with Gasteiger partial charge < -0.3 is 20.3 Å². The Morgan fingerprint density at radius 1 is 1.08 bits per heavy atom. The summed E-state index contributed by atoms with van der Waals surface area (Å²) in [5.74, 6) is 0.411. The zero-order valence-corrected chi connectivity index (χ0v) is 21.2. The molecule has 0 radical (unpaired) electrons. The van der Waals surface area contributed by atoms with Crippen LogP contribution in [0.5, 0.6) is 5.75 Å². The van der Waals surface area contributed by atoms with Crippen LogP contribution in [0.1, 0.15) is 29.6 Å². The van der Waals surface area contributed by atoms with Crippen molar-refractivity contribution in [3.63, 3.8) is 0 Å². The van der Waals surface area contributed by atoms with E-state index in [1.807, 2.05) is 36.4 Å². The molecule has 1 aliphatic heterocycles. The number of pyridine rings is 1. The molecule has 5 rings (SSSR count). The lowest BCUT2D eigenvalue weighted by molar-refractivity contribution is -0.118. The Kier molecular flexibility index (Phi) is 6.87. The van der Waals surface area contributed by atoms with E-state index in [-0.39, 0.29) is 17.9 Å². The number of amides is 2. The number of aromatic nitrogens is 3. The van der Waals surface area contributed by atoms with E-state index >= 15 is 0 Å². The summed E-state index contributed by atoms with van der Waals surface area (Å²) in [4.78, 5) is 32.0. The van der Waals surface area contributed by atoms with Crippen LogP contribution in [0.4, 0.5) is 5.69 Å². The van der Waals surface area contributed by atoms with E-state index in [9.17, 15) is 9.59 Å². The molecule has 2 aromatic heterocycles. The number of fused-ring (bicyclic) bond motifs is 1. The molecule has 2 amide bonds. The molecule has 0 bridgehead atoms. The Labute approximate surface area is 215 Å². The predicted molar refractivity (Wildman–Crippen MR) is 144 cm³/mol. The molecule has 1 aliphatic rings. The summed E-state index contributed by atoms with van der Waals surface area (Å²) >= 11 is 0. The number of carbonyl (C=O) groups is 2. The first-order valence-electron chi connectivity index (χ1n) is 12.3. The van der Waals surface area contributed by atoms with Gasteiger partial charge in [-0.1, -0.05) is 24.6 Å². The molecule has 9 heteroatoms. The van der Waals surface area contributed by atoms with Gasteiger partial charge in [-0.25, -0.2) is 4.98 Å². The third kappa shape index (κ3) is 4.90. The Morgan fingerprint density at radius 2 is 1.92 bits per heavy atom. The van der Waals surface area contributed by atoms with E-state index in [1.54, 1.807) is 39.5 Å². The molecule has 1 fully saturated rings. The molecular formula is C28H30N6O3. The second-order valence-electron chi connectivity index (χ2n) is 9.35. The van der Waals surface area contributed by atoms with Gasteiger partial charge in [0.25, 0.3) is 5.91 Å². The fourth-order valence-corrected chi connectivity index (χ4v) is 4.66. The number of ether oxygens (including phenoxy) is 1. The number of rotatable bonds is 6. The number of carbonyl (C=O) groups excluding carboxylic acids is 2.